The molecule has 5 nitrogen and oxygen atoms in total. The number of hydrogen-bond donors (Lipinski definition) is 1. The number of hydrogen-bond acceptors (Lipinski definition) is 4. The molecule has 0 bridgehead atoms. The van der Waals surface area contributed by atoms with Crippen molar-refractivity contribution in [3.63, 3.8) is 0 Å². The summed E-state index contributed by atoms with van der Waals surface area (Å²) in [6, 6.07) is 0. The summed E-state index contributed by atoms with van der Waals surface area (Å²) in [6.07, 6.45) is 4.52. The van der Waals surface area contributed by atoms with Gasteiger partial charge in [0.2, 0.25) is 0 Å². The zero-order chi connectivity index (χ0) is 13.2. The molecule has 0 radical (unpaired) electrons. The van der Waals surface area contributed by atoms with Gasteiger partial charge in [-0.1, -0.05) is 6.92 Å². The van der Waals surface area contributed by atoms with Crippen molar-refractivity contribution >= 4 is 0 Å². The molecule has 0 aromatic carbocycles. The number of aromatic nitrogens is 3. The monoisotopic (exact) mass is 252 g/mol. The summed E-state index contributed by atoms with van der Waals surface area (Å²) in [5.41, 5.74) is 5.78. The minimum Gasteiger partial charge on any atom is -0.366 e. The lowest BCUT2D eigenvalue weighted by atomic mass is 9.79. The molecule has 0 unspecified atom stereocenters. The molecule has 1 heterocycles. The summed E-state index contributed by atoms with van der Waals surface area (Å²) in [6.45, 7) is 5.34. The smallest absolute Gasteiger partial charge is 0.158 e. The van der Waals surface area contributed by atoms with Crippen molar-refractivity contribution in [2.45, 2.75) is 51.7 Å². The first-order chi connectivity index (χ1) is 8.56. The first kappa shape index (κ1) is 13.5. The number of rotatable bonds is 4. The van der Waals surface area contributed by atoms with Gasteiger partial charge in [-0.3, -0.25) is 0 Å². The quantitative estimate of drug-likeness (QED) is 0.883. The number of ether oxygens (including phenoxy) is 1. The van der Waals surface area contributed by atoms with Crippen molar-refractivity contribution in [2.75, 3.05) is 6.54 Å². The van der Waals surface area contributed by atoms with Crippen LogP contribution in [0.15, 0.2) is 0 Å². The maximum atomic E-state index is 6.10. The van der Waals surface area contributed by atoms with Gasteiger partial charge in [0.05, 0.1) is 5.60 Å². The van der Waals surface area contributed by atoms with Gasteiger partial charge in [-0.2, -0.15) is 0 Å². The molecule has 0 aliphatic heterocycles. The number of nitrogens with two attached hydrogens (primary N) is 1. The molecular weight excluding hydrogens is 228 g/mol. The fourth-order valence-electron chi connectivity index (χ4n) is 2.49. The van der Waals surface area contributed by atoms with E-state index in [1.165, 1.54) is 12.8 Å². The Morgan fingerprint density at radius 3 is 2.56 bits per heavy atom. The largest absolute Gasteiger partial charge is 0.366 e. The van der Waals surface area contributed by atoms with Crippen LogP contribution in [0.2, 0.25) is 0 Å². The van der Waals surface area contributed by atoms with E-state index in [1.54, 1.807) is 0 Å². The fraction of sp³-hybridized carbons (Fsp3) is 0.846. The highest BCUT2D eigenvalue weighted by atomic mass is 16.5. The third-order valence-corrected chi connectivity index (χ3v) is 4.25. The van der Waals surface area contributed by atoms with E-state index >= 15 is 0 Å². The SMILES string of the molecule is Cc1nnc(COC2(CN)CCC(C)CC2)n1C. The lowest BCUT2D eigenvalue weighted by Gasteiger charge is -2.38. The van der Waals surface area contributed by atoms with Crippen LogP contribution in [0, 0.1) is 12.8 Å². The van der Waals surface area contributed by atoms with Gasteiger partial charge in [-0.15, -0.1) is 10.2 Å². The summed E-state index contributed by atoms with van der Waals surface area (Å²) >= 11 is 0. The van der Waals surface area contributed by atoms with Crippen molar-refractivity contribution in [1.82, 2.24) is 14.8 Å². The normalized spacial score (nSPS) is 28.6. The van der Waals surface area contributed by atoms with Crippen LogP contribution in [0.3, 0.4) is 0 Å². The topological polar surface area (TPSA) is 66.0 Å². The Morgan fingerprint density at radius 1 is 1.39 bits per heavy atom. The summed E-state index contributed by atoms with van der Waals surface area (Å²) in [4.78, 5) is 0. The van der Waals surface area contributed by atoms with Crippen molar-refractivity contribution < 1.29 is 4.74 Å². The molecule has 0 spiro atoms. The number of aryl methyl sites for hydroxylation is 1. The van der Waals surface area contributed by atoms with Crippen LogP contribution >= 0.6 is 0 Å². The lowest BCUT2D eigenvalue weighted by Crippen LogP contribution is -2.43. The third kappa shape index (κ3) is 2.72. The van der Waals surface area contributed by atoms with Crippen LogP contribution in [-0.2, 0) is 18.4 Å². The zero-order valence-corrected chi connectivity index (χ0v) is 11.6. The standard InChI is InChI=1S/C13H24N4O/c1-10-4-6-13(9-14,7-5-10)18-8-12-16-15-11(2)17(12)3/h10H,4-9,14H2,1-3H3. The van der Waals surface area contributed by atoms with Crippen molar-refractivity contribution in [1.29, 1.82) is 0 Å². The maximum Gasteiger partial charge on any atom is 0.158 e. The van der Waals surface area contributed by atoms with Crippen LogP contribution in [0.5, 0.6) is 0 Å². The van der Waals surface area contributed by atoms with Crippen molar-refractivity contribution in [3.8, 4) is 0 Å². The number of nitrogens with zero attached hydrogens (tertiary/aromatic N) is 3. The molecule has 0 atom stereocenters. The minimum atomic E-state index is -0.146. The highest BCUT2D eigenvalue weighted by Gasteiger charge is 2.34. The van der Waals surface area contributed by atoms with E-state index in [0.29, 0.717) is 13.2 Å². The average molecular weight is 252 g/mol. The van der Waals surface area contributed by atoms with Gasteiger partial charge in [0.25, 0.3) is 0 Å². The Hall–Kier alpha value is -0.940. The highest BCUT2D eigenvalue weighted by molar-refractivity contribution is 4.93. The predicted molar refractivity (Wildman–Crippen MR) is 69.9 cm³/mol. The molecule has 1 aromatic heterocycles. The van der Waals surface area contributed by atoms with E-state index < -0.39 is 0 Å². The molecule has 1 aromatic rings. The molecule has 1 fully saturated rings. The summed E-state index contributed by atoms with van der Waals surface area (Å²) in [7, 11) is 1.96. The Bertz CT molecular complexity index is 394. The fourth-order valence-corrected chi connectivity index (χ4v) is 2.49. The van der Waals surface area contributed by atoms with E-state index in [-0.39, 0.29) is 5.60 Å². The van der Waals surface area contributed by atoms with E-state index in [4.69, 9.17) is 10.5 Å². The molecule has 0 saturated heterocycles. The van der Waals surface area contributed by atoms with Gasteiger partial charge in [0.15, 0.2) is 5.82 Å². The van der Waals surface area contributed by atoms with Gasteiger partial charge in [-0.05, 0) is 38.5 Å². The van der Waals surface area contributed by atoms with Gasteiger partial charge in [-0.25, -0.2) is 0 Å². The molecule has 18 heavy (non-hydrogen) atoms. The Balaban J connectivity index is 1.97. The second-order valence-electron chi connectivity index (χ2n) is 5.58. The second kappa shape index (κ2) is 5.36. The highest BCUT2D eigenvalue weighted by Crippen LogP contribution is 2.34. The van der Waals surface area contributed by atoms with Crippen molar-refractivity contribution in [2.24, 2.45) is 18.7 Å². The molecule has 2 N–H and O–H groups in total. The third-order valence-electron chi connectivity index (χ3n) is 4.25. The molecule has 1 aliphatic carbocycles. The van der Waals surface area contributed by atoms with E-state index in [2.05, 4.69) is 17.1 Å². The Labute approximate surface area is 109 Å². The van der Waals surface area contributed by atoms with Gasteiger partial charge >= 0.3 is 0 Å². The molecule has 5 heteroatoms. The van der Waals surface area contributed by atoms with Crippen molar-refractivity contribution in [3.05, 3.63) is 11.6 Å². The van der Waals surface area contributed by atoms with E-state index in [1.807, 2.05) is 18.5 Å². The predicted octanol–water partition coefficient (Wildman–Crippen LogP) is 1.55. The molecule has 1 aliphatic rings. The summed E-state index contributed by atoms with van der Waals surface area (Å²) < 4.78 is 8.07. The zero-order valence-electron chi connectivity index (χ0n) is 11.6. The summed E-state index contributed by atoms with van der Waals surface area (Å²) in [5, 5.41) is 8.17. The van der Waals surface area contributed by atoms with Gasteiger partial charge in [0.1, 0.15) is 12.4 Å². The van der Waals surface area contributed by atoms with Gasteiger partial charge < -0.3 is 15.0 Å². The van der Waals surface area contributed by atoms with Crippen LogP contribution in [0.25, 0.3) is 0 Å². The van der Waals surface area contributed by atoms with Crippen LogP contribution in [0.4, 0.5) is 0 Å². The van der Waals surface area contributed by atoms with Crippen LogP contribution < -0.4 is 5.73 Å². The molecule has 102 valence electrons. The van der Waals surface area contributed by atoms with Crippen LogP contribution in [-0.4, -0.2) is 26.9 Å². The maximum absolute atomic E-state index is 6.10. The molecule has 1 saturated carbocycles. The molecule has 2 rings (SSSR count). The van der Waals surface area contributed by atoms with E-state index in [9.17, 15) is 0 Å². The van der Waals surface area contributed by atoms with Gasteiger partial charge in [0, 0.05) is 13.6 Å². The molecule has 0 amide bonds. The first-order valence-electron chi connectivity index (χ1n) is 6.75. The minimum absolute atomic E-state index is 0.146. The average Bonchev–Trinajstić information content (AvgIpc) is 2.70. The second-order valence-corrected chi connectivity index (χ2v) is 5.58. The van der Waals surface area contributed by atoms with Crippen LogP contribution in [0.1, 0.15) is 44.3 Å². The van der Waals surface area contributed by atoms with E-state index in [0.717, 1.165) is 30.4 Å². The summed E-state index contributed by atoms with van der Waals surface area (Å²) in [5.74, 6) is 2.58. The lowest BCUT2D eigenvalue weighted by molar-refractivity contribution is -0.0827. The Kier molecular flexibility index (Phi) is 4.02. The first-order valence-corrected chi connectivity index (χ1v) is 6.75. The molecular formula is C13H24N4O. The Morgan fingerprint density at radius 2 is 2.06 bits per heavy atom.